The number of halogens is 3. The Morgan fingerprint density at radius 1 is 1.12 bits per heavy atom. The average molecular weight is 465 g/mol. The van der Waals surface area contributed by atoms with Crippen LogP contribution in [0.2, 0.25) is 0 Å². The molecule has 1 fully saturated rings. The van der Waals surface area contributed by atoms with Crippen LogP contribution in [-0.4, -0.2) is 49.5 Å². The first-order valence-electron chi connectivity index (χ1n) is 10.00. The average Bonchev–Trinajstić information content (AvgIpc) is 3.03. The lowest BCUT2D eigenvalue weighted by atomic mass is 9.74. The number of hydrogen-bond acceptors (Lipinski definition) is 3. The topological polar surface area (TPSA) is 82.3 Å². The van der Waals surface area contributed by atoms with Crippen LogP contribution in [0, 0.1) is 17.5 Å². The smallest absolute Gasteiger partial charge is 0.235 e. The molecule has 4 rings (SSSR count). The maximum absolute atomic E-state index is 14.4. The fourth-order valence-electron chi connectivity index (χ4n) is 4.07. The molecular weight excluding hydrogens is 443 g/mol. The van der Waals surface area contributed by atoms with E-state index in [9.17, 15) is 26.4 Å². The van der Waals surface area contributed by atoms with Crippen LogP contribution in [0.25, 0.3) is 22.2 Å². The zero-order valence-corrected chi connectivity index (χ0v) is 18.3. The molecule has 0 atom stereocenters. The van der Waals surface area contributed by atoms with Gasteiger partial charge in [-0.1, -0.05) is 0 Å². The molecule has 1 heterocycles. The number of hydrogen-bond donors (Lipinski definition) is 2. The van der Waals surface area contributed by atoms with Crippen molar-refractivity contribution in [3.8, 4) is 11.3 Å². The summed E-state index contributed by atoms with van der Waals surface area (Å²) in [6, 6.07) is 7.61. The molecule has 170 valence electrons. The van der Waals surface area contributed by atoms with Gasteiger partial charge in [-0.15, -0.1) is 0 Å². The molecule has 1 aliphatic rings. The molecule has 2 N–H and O–H groups in total. The Labute approximate surface area is 183 Å². The number of amides is 1. The van der Waals surface area contributed by atoms with Crippen molar-refractivity contribution in [1.29, 1.82) is 0 Å². The number of carbonyl (C=O) groups excluding carboxylic acids is 1. The molecule has 3 aromatic rings. The molecule has 0 radical (unpaired) electrons. The van der Waals surface area contributed by atoms with Crippen LogP contribution in [0.5, 0.6) is 0 Å². The third-order valence-electron chi connectivity index (χ3n) is 5.84. The largest absolute Gasteiger partial charge is 0.352 e. The molecule has 1 amide bonds. The molecule has 1 aliphatic carbocycles. The first-order chi connectivity index (χ1) is 15.0. The molecule has 1 aromatic heterocycles. The first kappa shape index (κ1) is 22.3. The molecule has 0 saturated heterocycles. The van der Waals surface area contributed by atoms with Crippen LogP contribution in [-0.2, 0) is 14.8 Å². The van der Waals surface area contributed by atoms with Gasteiger partial charge < -0.3 is 10.3 Å². The van der Waals surface area contributed by atoms with E-state index in [2.05, 4.69) is 10.3 Å². The third kappa shape index (κ3) is 4.37. The minimum absolute atomic E-state index is 0.0945. The molecule has 0 bridgehead atoms. The maximum Gasteiger partial charge on any atom is 0.235 e. The van der Waals surface area contributed by atoms with Crippen LogP contribution < -0.4 is 5.32 Å². The monoisotopic (exact) mass is 465 g/mol. The van der Waals surface area contributed by atoms with Gasteiger partial charge in [0.15, 0.2) is 0 Å². The van der Waals surface area contributed by atoms with Crippen molar-refractivity contribution in [3.63, 3.8) is 0 Å². The molecule has 32 heavy (non-hydrogen) atoms. The number of H-pyrrole nitrogens is 1. The molecule has 10 heteroatoms. The van der Waals surface area contributed by atoms with Crippen LogP contribution in [0.15, 0.2) is 36.4 Å². The standard InChI is InChI=1S/C22H22F3N3O3S/c1-28(32(2,30)31)11-19(29)26-16-7-13(8-16)20-17-9-15(24)10-18(25)22(17)27-21(20)12-3-5-14(23)6-4-12/h3-6,9-10,13,16,27H,7-8,11H2,1-2H3,(H,26,29). The Hall–Kier alpha value is -2.85. The Morgan fingerprint density at radius 2 is 1.78 bits per heavy atom. The van der Waals surface area contributed by atoms with E-state index in [0.717, 1.165) is 16.6 Å². The highest BCUT2D eigenvalue weighted by Gasteiger charge is 2.35. The number of aromatic nitrogens is 1. The number of aromatic amines is 1. The Morgan fingerprint density at radius 3 is 2.41 bits per heavy atom. The van der Waals surface area contributed by atoms with E-state index in [0.29, 0.717) is 35.0 Å². The van der Waals surface area contributed by atoms with Crippen molar-refractivity contribution in [2.24, 2.45) is 0 Å². The normalized spacial score (nSPS) is 18.7. The lowest BCUT2D eigenvalue weighted by Crippen LogP contribution is -2.47. The lowest BCUT2D eigenvalue weighted by molar-refractivity contribution is -0.122. The highest BCUT2D eigenvalue weighted by atomic mass is 32.2. The summed E-state index contributed by atoms with van der Waals surface area (Å²) >= 11 is 0. The summed E-state index contributed by atoms with van der Waals surface area (Å²) in [5, 5.41) is 3.21. The van der Waals surface area contributed by atoms with Crippen LogP contribution in [0.4, 0.5) is 13.2 Å². The van der Waals surface area contributed by atoms with Crippen LogP contribution in [0.3, 0.4) is 0 Å². The molecular formula is C22H22F3N3O3S. The first-order valence-corrected chi connectivity index (χ1v) is 11.8. The van der Waals surface area contributed by atoms with Gasteiger partial charge in [-0.2, -0.15) is 4.31 Å². The van der Waals surface area contributed by atoms with E-state index in [4.69, 9.17) is 0 Å². The SMILES string of the molecule is CN(CC(=O)NC1CC(c2c(-c3ccc(F)cc3)[nH]c3c(F)cc(F)cc23)C1)S(C)(=O)=O. The van der Waals surface area contributed by atoms with Gasteiger partial charge in [0.05, 0.1) is 24.0 Å². The van der Waals surface area contributed by atoms with Gasteiger partial charge in [-0.3, -0.25) is 4.79 Å². The van der Waals surface area contributed by atoms with Gasteiger partial charge in [0.25, 0.3) is 0 Å². The van der Waals surface area contributed by atoms with E-state index in [1.54, 1.807) is 12.1 Å². The predicted molar refractivity (Wildman–Crippen MR) is 115 cm³/mol. The second-order valence-electron chi connectivity index (χ2n) is 8.18. The number of benzene rings is 2. The number of fused-ring (bicyclic) bond motifs is 1. The fraction of sp³-hybridized carbons (Fsp3) is 0.318. The van der Waals surface area contributed by atoms with Crippen LogP contribution in [0.1, 0.15) is 24.3 Å². The zero-order chi connectivity index (χ0) is 23.2. The highest BCUT2D eigenvalue weighted by molar-refractivity contribution is 7.88. The lowest BCUT2D eigenvalue weighted by Gasteiger charge is -2.37. The van der Waals surface area contributed by atoms with E-state index in [-0.39, 0.29) is 24.0 Å². The number of carbonyl (C=O) groups is 1. The molecule has 1 saturated carbocycles. The van der Waals surface area contributed by atoms with Gasteiger partial charge >= 0.3 is 0 Å². The number of nitrogens with one attached hydrogen (secondary N) is 2. The van der Waals surface area contributed by atoms with Crippen molar-refractivity contribution in [3.05, 3.63) is 59.4 Å². The number of rotatable bonds is 6. The van der Waals surface area contributed by atoms with Crippen molar-refractivity contribution >= 4 is 26.8 Å². The third-order valence-corrected chi connectivity index (χ3v) is 7.10. The molecule has 2 aromatic carbocycles. The van der Waals surface area contributed by atoms with Gasteiger partial charge in [0.1, 0.15) is 17.5 Å². The summed E-state index contributed by atoms with van der Waals surface area (Å²) in [5.74, 6) is -2.34. The van der Waals surface area contributed by atoms with Crippen molar-refractivity contribution in [1.82, 2.24) is 14.6 Å². The number of nitrogens with zero attached hydrogens (tertiary/aromatic N) is 1. The fourth-order valence-corrected chi connectivity index (χ4v) is 4.42. The second-order valence-corrected chi connectivity index (χ2v) is 10.3. The quantitative estimate of drug-likeness (QED) is 0.585. The predicted octanol–water partition coefficient (Wildman–Crippen LogP) is 3.51. The second kappa shape index (κ2) is 8.25. The Bertz CT molecular complexity index is 1280. The maximum atomic E-state index is 14.4. The summed E-state index contributed by atoms with van der Waals surface area (Å²) in [6.45, 7) is -0.287. The molecule has 0 spiro atoms. The molecule has 0 aliphatic heterocycles. The van der Waals surface area contributed by atoms with E-state index in [1.165, 1.54) is 25.2 Å². The zero-order valence-electron chi connectivity index (χ0n) is 17.5. The van der Waals surface area contributed by atoms with Crippen molar-refractivity contribution in [2.75, 3.05) is 19.8 Å². The summed E-state index contributed by atoms with van der Waals surface area (Å²) < 4.78 is 65.7. The number of sulfonamides is 1. The summed E-state index contributed by atoms with van der Waals surface area (Å²) in [5.41, 5.74) is 2.10. The Kier molecular flexibility index (Phi) is 5.76. The van der Waals surface area contributed by atoms with E-state index >= 15 is 0 Å². The minimum Gasteiger partial charge on any atom is -0.352 e. The summed E-state index contributed by atoms with van der Waals surface area (Å²) in [7, 11) is -2.15. The van der Waals surface area contributed by atoms with Crippen molar-refractivity contribution in [2.45, 2.75) is 24.8 Å². The van der Waals surface area contributed by atoms with Crippen LogP contribution >= 0.6 is 0 Å². The summed E-state index contributed by atoms with van der Waals surface area (Å²) in [4.78, 5) is 15.2. The summed E-state index contributed by atoms with van der Waals surface area (Å²) in [6.07, 6.45) is 2.06. The van der Waals surface area contributed by atoms with E-state index in [1.807, 2.05) is 0 Å². The minimum atomic E-state index is -3.47. The molecule has 0 unspecified atom stereocenters. The van der Waals surface area contributed by atoms with Crippen molar-refractivity contribution < 1.29 is 26.4 Å². The van der Waals surface area contributed by atoms with Gasteiger partial charge in [0.2, 0.25) is 15.9 Å². The van der Waals surface area contributed by atoms with Gasteiger partial charge in [-0.25, -0.2) is 21.6 Å². The molecule has 6 nitrogen and oxygen atoms in total. The highest BCUT2D eigenvalue weighted by Crippen LogP contribution is 2.45. The Balaban J connectivity index is 1.59. The van der Waals surface area contributed by atoms with Gasteiger partial charge in [0, 0.05) is 24.5 Å². The van der Waals surface area contributed by atoms with Gasteiger partial charge in [-0.05, 0) is 60.2 Å². The van der Waals surface area contributed by atoms with E-state index < -0.39 is 33.4 Å². The number of likely N-dealkylation sites (N-methyl/N-ethyl adjacent to an activating group) is 1.